The van der Waals surface area contributed by atoms with Crippen LogP contribution in [0.5, 0.6) is 11.5 Å². The van der Waals surface area contributed by atoms with Crippen LogP contribution in [0, 0.1) is 0 Å². The molecular formula is C11H12O3. The molecule has 0 saturated heterocycles. The zero-order valence-corrected chi connectivity index (χ0v) is 8.03. The van der Waals surface area contributed by atoms with Crippen molar-refractivity contribution in [1.29, 1.82) is 0 Å². The van der Waals surface area contributed by atoms with E-state index in [2.05, 4.69) is 0 Å². The maximum absolute atomic E-state index is 11.2. The van der Waals surface area contributed by atoms with Crippen LogP contribution in [0.4, 0.5) is 0 Å². The van der Waals surface area contributed by atoms with E-state index >= 15 is 0 Å². The summed E-state index contributed by atoms with van der Waals surface area (Å²) in [6, 6.07) is 7.41. The number of carbonyl (C=O) groups excluding carboxylic acids is 1. The molecule has 1 aromatic carbocycles. The van der Waals surface area contributed by atoms with E-state index in [1.54, 1.807) is 6.92 Å². The fourth-order valence-electron chi connectivity index (χ4n) is 1.44. The summed E-state index contributed by atoms with van der Waals surface area (Å²) in [4.78, 5) is 11.2. The third kappa shape index (κ3) is 1.71. The van der Waals surface area contributed by atoms with Crippen molar-refractivity contribution in [3.05, 3.63) is 24.3 Å². The normalized spacial score (nSPS) is 19.9. The molecule has 1 aliphatic rings. The van der Waals surface area contributed by atoms with Crippen molar-refractivity contribution in [2.75, 3.05) is 6.61 Å². The summed E-state index contributed by atoms with van der Waals surface area (Å²) < 4.78 is 11.0. The standard InChI is InChI=1S/C11H12O3/c1-8(12)9-6-7-13-10-4-2-3-5-11(10)14-9/h2-5,9H,6-7H2,1H3. The Morgan fingerprint density at radius 1 is 1.36 bits per heavy atom. The fourth-order valence-corrected chi connectivity index (χ4v) is 1.44. The smallest absolute Gasteiger partial charge is 0.170 e. The highest BCUT2D eigenvalue weighted by Crippen LogP contribution is 2.30. The van der Waals surface area contributed by atoms with Crippen molar-refractivity contribution in [1.82, 2.24) is 0 Å². The van der Waals surface area contributed by atoms with Gasteiger partial charge in [-0.1, -0.05) is 12.1 Å². The van der Waals surface area contributed by atoms with Crippen molar-refractivity contribution >= 4 is 5.78 Å². The summed E-state index contributed by atoms with van der Waals surface area (Å²) >= 11 is 0. The number of fused-ring (bicyclic) bond motifs is 1. The van der Waals surface area contributed by atoms with Crippen LogP contribution in [-0.2, 0) is 4.79 Å². The molecule has 1 atom stereocenters. The molecule has 74 valence electrons. The second-order valence-corrected chi connectivity index (χ2v) is 3.30. The van der Waals surface area contributed by atoms with E-state index in [4.69, 9.17) is 9.47 Å². The van der Waals surface area contributed by atoms with Crippen molar-refractivity contribution < 1.29 is 14.3 Å². The molecule has 0 saturated carbocycles. The summed E-state index contributed by atoms with van der Waals surface area (Å²) in [5, 5.41) is 0. The average Bonchev–Trinajstić information content (AvgIpc) is 2.39. The van der Waals surface area contributed by atoms with Gasteiger partial charge in [0.05, 0.1) is 6.61 Å². The molecule has 1 heterocycles. The number of benzene rings is 1. The summed E-state index contributed by atoms with van der Waals surface area (Å²) in [6.07, 6.45) is 0.253. The first-order chi connectivity index (χ1) is 6.77. The third-order valence-electron chi connectivity index (χ3n) is 2.21. The highest BCUT2D eigenvalue weighted by Gasteiger charge is 2.21. The van der Waals surface area contributed by atoms with Crippen LogP contribution in [0.15, 0.2) is 24.3 Å². The second kappa shape index (κ2) is 3.70. The molecule has 1 unspecified atom stereocenters. The zero-order valence-electron chi connectivity index (χ0n) is 8.03. The molecule has 3 heteroatoms. The number of ketones is 1. The zero-order chi connectivity index (χ0) is 9.97. The minimum Gasteiger partial charge on any atom is -0.490 e. The molecule has 0 aliphatic carbocycles. The Balaban J connectivity index is 2.26. The molecule has 0 aromatic heterocycles. The lowest BCUT2D eigenvalue weighted by Crippen LogP contribution is -2.25. The topological polar surface area (TPSA) is 35.5 Å². The van der Waals surface area contributed by atoms with Crippen LogP contribution in [0.3, 0.4) is 0 Å². The van der Waals surface area contributed by atoms with E-state index in [1.807, 2.05) is 24.3 Å². The summed E-state index contributed by atoms with van der Waals surface area (Å²) in [5.74, 6) is 1.42. The van der Waals surface area contributed by atoms with Crippen LogP contribution < -0.4 is 9.47 Å². The van der Waals surface area contributed by atoms with Gasteiger partial charge in [-0.05, 0) is 19.1 Å². The molecule has 14 heavy (non-hydrogen) atoms. The maximum atomic E-state index is 11.2. The van der Waals surface area contributed by atoms with Crippen molar-refractivity contribution in [3.63, 3.8) is 0 Å². The van der Waals surface area contributed by atoms with E-state index in [0.29, 0.717) is 18.8 Å². The molecule has 0 N–H and O–H groups in total. The predicted molar refractivity (Wildman–Crippen MR) is 51.7 cm³/mol. The molecular weight excluding hydrogens is 180 g/mol. The van der Waals surface area contributed by atoms with Gasteiger partial charge in [0.25, 0.3) is 0 Å². The Morgan fingerprint density at radius 3 is 2.79 bits per heavy atom. The van der Waals surface area contributed by atoms with Gasteiger partial charge in [0.1, 0.15) is 0 Å². The van der Waals surface area contributed by atoms with Gasteiger partial charge in [0.15, 0.2) is 23.4 Å². The lowest BCUT2D eigenvalue weighted by atomic mass is 10.2. The van der Waals surface area contributed by atoms with Crippen molar-refractivity contribution in [2.45, 2.75) is 19.4 Å². The first-order valence-electron chi connectivity index (χ1n) is 4.66. The number of Topliss-reactive ketones (excluding diaryl/α,β-unsaturated/α-hetero) is 1. The van der Waals surface area contributed by atoms with Gasteiger partial charge < -0.3 is 9.47 Å². The Bertz CT molecular complexity index is 346. The minimum atomic E-state index is -0.362. The van der Waals surface area contributed by atoms with Gasteiger partial charge in [0.2, 0.25) is 0 Å². The monoisotopic (exact) mass is 192 g/mol. The van der Waals surface area contributed by atoms with E-state index in [-0.39, 0.29) is 11.9 Å². The predicted octanol–water partition coefficient (Wildman–Crippen LogP) is 1.81. The SMILES string of the molecule is CC(=O)C1CCOc2ccccc2O1. The molecule has 0 bridgehead atoms. The van der Waals surface area contributed by atoms with Crippen LogP contribution >= 0.6 is 0 Å². The van der Waals surface area contributed by atoms with Gasteiger partial charge in [-0.25, -0.2) is 0 Å². The van der Waals surface area contributed by atoms with E-state index in [0.717, 1.165) is 5.75 Å². The van der Waals surface area contributed by atoms with Gasteiger partial charge in [-0.2, -0.15) is 0 Å². The van der Waals surface area contributed by atoms with Crippen LogP contribution in [-0.4, -0.2) is 18.5 Å². The van der Waals surface area contributed by atoms with Crippen LogP contribution in [0.25, 0.3) is 0 Å². The quantitative estimate of drug-likeness (QED) is 0.680. The molecule has 0 spiro atoms. The van der Waals surface area contributed by atoms with Gasteiger partial charge >= 0.3 is 0 Å². The Hall–Kier alpha value is -1.51. The Morgan fingerprint density at radius 2 is 2.07 bits per heavy atom. The first kappa shape index (κ1) is 9.06. The van der Waals surface area contributed by atoms with Crippen molar-refractivity contribution in [3.8, 4) is 11.5 Å². The van der Waals surface area contributed by atoms with Crippen molar-refractivity contribution in [2.24, 2.45) is 0 Å². The molecule has 0 fully saturated rings. The van der Waals surface area contributed by atoms with Gasteiger partial charge in [-0.15, -0.1) is 0 Å². The number of rotatable bonds is 1. The fraction of sp³-hybridized carbons (Fsp3) is 0.364. The highest BCUT2D eigenvalue weighted by atomic mass is 16.5. The number of ether oxygens (including phenoxy) is 2. The highest BCUT2D eigenvalue weighted by molar-refractivity contribution is 5.81. The summed E-state index contributed by atoms with van der Waals surface area (Å²) in [6.45, 7) is 2.07. The van der Waals surface area contributed by atoms with Crippen LogP contribution in [0.2, 0.25) is 0 Å². The average molecular weight is 192 g/mol. The molecule has 3 nitrogen and oxygen atoms in total. The number of hydrogen-bond acceptors (Lipinski definition) is 3. The lowest BCUT2D eigenvalue weighted by Gasteiger charge is -2.12. The summed E-state index contributed by atoms with van der Waals surface area (Å²) in [5.41, 5.74) is 0. The lowest BCUT2D eigenvalue weighted by molar-refractivity contribution is -0.123. The Kier molecular flexibility index (Phi) is 2.39. The maximum Gasteiger partial charge on any atom is 0.170 e. The van der Waals surface area contributed by atoms with E-state index in [9.17, 15) is 4.79 Å². The molecule has 1 aliphatic heterocycles. The Labute approximate surface area is 82.6 Å². The van der Waals surface area contributed by atoms with E-state index < -0.39 is 0 Å². The first-order valence-corrected chi connectivity index (χ1v) is 4.66. The molecule has 1 aromatic rings. The number of hydrogen-bond donors (Lipinski definition) is 0. The summed E-state index contributed by atoms with van der Waals surface area (Å²) in [7, 11) is 0. The van der Waals surface area contributed by atoms with Gasteiger partial charge in [0, 0.05) is 6.42 Å². The molecule has 0 amide bonds. The largest absolute Gasteiger partial charge is 0.490 e. The minimum absolute atomic E-state index is 0.0466. The number of para-hydroxylation sites is 2. The second-order valence-electron chi connectivity index (χ2n) is 3.30. The molecule has 0 radical (unpaired) electrons. The molecule has 2 rings (SSSR count). The van der Waals surface area contributed by atoms with Crippen LogP contribution in [0.1, 0.15) is 13.3 Å². The third-order valence-corrected chi connectivity index (χ3v) is 2.21. The number of carbonyl (C=O) groups is 1. The van der Waals surface area contributed by atoms with Gasteiger partial charge in [-0.3, -0.25) is 4.79 Å². The van der Waals surface area contributed by atoms with E-state index in [1.165, 1.54) is 0 Å².